The summed E-state index contributed by atoms with van der Waals surface area (Å²) in [6.45, 7) is 1.44. The second kappa shape index (κ2) is 7.47. The van der Waals surface area contributed by atoms with E-state index >= 15 is 0 Å². The zero-order valence-electron chi connectivity index (χ0n) is 14.5. The first-order chi connectivity index (χ1) is 12.8. The fraction of sp³-hybridized carbons (Fsp3) is 0.300. The minimum Gasteiger partial charge on any atom is -0.423 e. The second-order valence-corrected chi connectivity index (χ2v) is 6.51. The molecule has 4 rings (SSSR count). The smallest absolute Gasteiger partial charge is 0.319 e. The maximum absolute atomic E-state index is 12.2. The van der Waals surface area contributed by atoms with Crippen molar-refractivity contribution in [3.05, 3.63) is 54.6 Å². The molecule has 0 aliphatic carbocycles. The normalized spacial score (nSPS) is 17.2. The molecule has 2 N–H and O–H groups in total. The van der Waals surface area contributed by atoms with E-state index in [-0.39, 0.29) is 12.1 Å². The quantitative estimate of drug-likeness (QED) is 0.746. The van der Waals surface area contributed by atoms with E-state index in [0.717, 1.165) is 42.6 Å². The van der Waals surface area contributed by atoms with E-state index in [9.17, 15) is 4.79 Å². The Hall–Kier alpha value is -3.02. The van der Waals surface area contributed by atoms with Gasteiger partial charge in [0.25, 0.3) is 6.01 Å². The van der Waals surface area contributed by atoms with Gasteiger partial charge in [-0.15, -0.1) is 0 Å². The van der Waals surface area contributed by atoms with Gasteiger partial charge in [-0.3, -0.25) is 0 Å². The molecule has 1 atom stereocenters. The zero-order valence-corrected chi connectivity index (χ0v) is 14.5. The number of urea groups is 1. The highest BCUT2D eigenvalue weighted by Gasteiger charge is 2.26. The Balaban J connectivity index is 1.41. The fourth-order valence-electron chi connectivity index (χ4n) is 3.35. The molecule has 2 heterocycles. The lowest BCUT2D eigenvalue weighted by Crippen LogP contribution is -2.47. The third-order valence-electron chi connectivity index (χ3n) is 4.69. The molecule has 2 aromatic carbocycles. The summed E-state index contributed by atoms with van der Waals surface area (Å²) >= 11 is 0. The van der Waals surface area contributed by atoms with Crippen molar-refractivity contribution in [1.82, 2.24) is 10.3 Å². The number of carbonyl (C=O) groups excluding carboxylic acids is 1. The summed E-state index contributed by atoms with van der Waals surface area (Å²) in [7, 11) is 0. The van der Waals surface area contributed by atoms with Gasteiger partial charge in [0, 0.05) is 18.8 Å². The van der Waals surface area contributed by atoms with E-state index in [1.165, 1.54) is 0 Å². The Kier molecular flexibility index (Phi) is 4.73. The molecule has 0 saturated carbocycles. The number of rotatable bonds is 4. The number of anilines is 2. The molecule has 1 fully saturated rings. The predicted molar refractivity (Wildman–Crippen MR) is 102 cm³/mol. The lowest BCUT2D eigenvalue weighted by molar-refractivity contribution is 0.250. The number of aromatic nitrogens is 1. The number of carbonyl (C=O) groups is 1. The van der Waals surface area contributed by atoms with Crippen LogP contribution in [-0.4, -0.2) is 30.1 Å². The van der Waals surface area contributed by atoms with E-state index in [1.54, 1.807) is 0 Å². The molecule has 2 amide bonds. The van der Waals surface area contributed by atoms with Gasteiger partial charge in [0.2, 0.25) is 0 Å². The van der Waals surface area contributed by atoms with E-state index in [1.807, 2.05) is 54.6 Å². The van der Waals surface area contributed by atoms with E-state index in [4.69, 9.17) is 4.42 Å². The number of piperidine rings is 1. The third kappa shape index (κ3) is 3.64. The Bertz CT molecular complexity index is 845. The number of para-hydroxylation sites is 3. The summed E-state index contributed by atoms with van der Waals surface area (Å²) in [4.78, 5) is 18.9. The van der Waals surface area contributed by atoms with Crippen LogP contribution >= 0.6 is 0 Å². The molecule has 6 nitrogen and oxygen atoms in total. The Morgan fingerprint density at radius 2 is 1.92 bits per heavy atom. The van der Waals surface area contributed by atoms with Gasteiger partial charge in [-0.25, -0.2) is 4.79 Å². The van der Waals surface area contributed by atoms with E-state index in [0.29, 0.717) is 12.6 Å². The largest absolute Gasteiger partial charge is 0.423 e. The molecular formula is C20H22N4O2. The lowest BCUT2D eigenvalue weighted by atomic mass is 10.0. The van der Waals surface area contributed by atoms with Crippen molar-refractivity contribution in [2.45, 2.75) is 25.3 Å². The third-order valence-corrected chi connectivity index (χ3v) is 4.69. The number of hydrogen-bond donors (Lipinski definition) is 2. The van der Waals surface area contributed by atoms with Gasteiger partial charge in [-0.05, 0) is 43.5 Å². The molecule has 0 bridgehead atoms. The number of fused-ring (bicyclic) bond motifs is 1. The van der Waals surface area contributed by atoms with Gasteiger partial charge in [0.15, 0.2) is 5.58 Å². The van der Waals surface area contributed by atoms with E-state index < -0.39 is 0 Å². The number of benzene rings is 2. The number of hydrogen-bond acceptors (Lipinski definition) is 4. The first-order valence-corrected chi connectivity index (χ1v) is 9.02. The second-order valence-electron chi connectivity index (χ2n) is 6.51. The van der Waals surface area contributed by atoms with Gasteiger partial charge in [-0.1, -0.05) is 30.3 Å². The highest BCUT2D eigenvalue weighted by Crippen LogP contribution is 2.27. The van der Waals surface area contributed by atoms with Crippen LogP contribution < -0.4 is 15.5 Å². The van der Waals surface area contributed by atoms with Crippen molar-refractivity contribution in [3.63, 3.8) is 0 Å². The Labute approximate surface area is 152 Å². The van der Waals surface area contributed by atoms with Crippen LogP contribution in [0.15, 0.2) is 59.0 Å². The van der Waals surface area contributed by atoms with Gasteiger partial charge in [0.1, 0.15) is 5.52 Å². The van der Waals surface area contributed by atoms with Crippen LogP contribution in [0.4, 0.5) is 16.5 Å². The maximum Gasteiger partial charge on any atom is 0.319 e. The molecule has 6 heteroatoms. The first kappa shape index (κ1) is 16.4. The monoisotopic (exact) mass is 350 g/mol. The summed E-state index contributed by atoms with van der Waals surface area (Å²) in [5.74, 6) is 0. The molecule has 1 aromatic heterocycles. The lowest BCUT2D eigenvalue weighted by Gasteiger charge is -2.34. The van der Waals surface area contributed by atoms with Crippen molar-refractivity contribution in [2.75, 3.05) is 23.3 Å². The number of amides is 2. The molecule has 0 spiro atoms. The SMILES string of the molecule is O=C(NCC1CCCCN1c1nc2ccccc2o1)Nc1ccccc1. The van der Waals surface area contributed by atoms with Crippen LogP contribution in [0.25, 0.3) is 11.1 Å². The van der Waals surface area contributed by atoms with Crippen molar-refractivity contribution in [3.8, 4) is 0 Å². The molecular weight excluding hydrogens is 328 g/mol. The van der Waals surface area contributed by atoms with Crippen LogP contribution in [-0.2, 0) is 0 Å². The Morgan fingerprint density at radius 1 is 1.12 bits per heavy atom. The van der Waals surface area contributed by atoms with Gasteiger partial charge in [0.05, 0.1) is 6.04 Å². The van der Waals surface area contributed by atoms with Crippen LogP contribution in [0.3, 0.4) is 0 Å². The predicted octanol–water partition coefficient (Wildman–Crippen LogP) is 4.01. The molecule has 1 saturated heterocycles. The van der Waals surface area contributed by atoms with Crippen LogP contribution in [0.5, 0.6) is 0 Å². The molecule has 0 radical (unpaired) electrons. The molecule has 1 unspecified atom stereocenters. The molecule has 1 aliphatic heterocycles. The number of nitrogens with zero attached hydrogens (tertiary/aromatic N) is 2. The van der Waals surface area contributed by atoms with Gasteiger partial charge < -0.3 is 20.0 Å². The number of oxazole rings is 1. The average molecular weight is 350 g/mol. The molecule has 26 heavy (non-hydrogen) atoms. The van der Waals surface area contributed by atoms with E-state index in [2.05, 4.69) is 20.5 Å². The summed E-state index contributed by atoms with van der Waals surface area (Å²) in [6.07, 6.45) is 3.25. The molecule has 1 aliphatic rings. The highest BCUT2D eigenvalue weighted by atomic mass is 16.4. The minimum atomic E-state index is -0.195. The summed E-state index contributed by atoms with van der Waals surface area (Å²) in [5.41, 5.74) is 2.44. The fourth-order valence-corrected chi connectivity index (χ4v) is 3.35. The summed E-state index contributed by atoms with van der Waals surface area (Å²) in [5, 5.41) is 5.82. The van der Waals surface area contributed by atoms with Crippen molar-refractivity contribution < 1.29 is 9.21 Å². The number of nitrogens with one attached hydrogen (secondary N) is 2. The van der Waals surface area contributed by atoms with Gasteiger partial charge >= 0.3 is 6.03 Å². The molecule has 3 aromatic rings. The summed E-state index contributed by atoms with van der Waals surface area (Å²) in [6, 6.07) is 17.8. The van der Waals surface area contributed by atoms with Crippen molar-refractivity contribution in [1.29, 1.82) is 0 Å². The van der Waals surface area contributed by atoms with Crippen LogP contribution in [0.2, 0.25) is 0 Å². The Morgan fingerprint density at radius 3 is 2.77 bits per heavy atom. The average Bonchev–Trinajstić information content (AvgIpc) is 3.11. The summed E-state index contributed by atoms with van der Waals surface area (Å²) < 4.78 is 5.93. The van der Waals surface area contributed by atoms with Crippen LogP contribution in [0.1, 0.15) is 19.3 Å². The highest BCUT2D eigenvalue weighted by molar-refractivity contribution is 5.89. The standard InChI is InChI=1S/C20H22N4O2/c25-19(22-15-8-2-1-3-9-15)21-14-16-10-6-7-13-24(16)20-23-17-11-4-5-12-18(17)26-20/h1-5,8-9,11-12,16H,6-7,10,13-14H2,(H2,21,22,25). The minimum absolute atomic E-state index is 0.179. The van der Waals surface area contributed by atoms with Crippen molar-refractivity contribution in [2.24, 2.45) is 0 Å². The van der Waals surface area contributed by atoms with Gasteiger partial charge in [-0.2, -0.15) is 4.98 Å². The van der Waals surface area contributed by atoms with Crippen LogP contribution in [0, 0.1) is 0 Å². The van der Waals surface area contributed by atoms with Crippen molar-refractivity contribution >= 4 is 28.8 Å². The topological polar surface area (TPSA) is 70.4 Å². The first-order valence-electron chi connectivity index (χ1n) is 9.02. The maximum atomic E-state index is 12.2. The molecule has 134 valence electrons. The zero-order chi connectivity index (χ0) is 17.8.